The molecule has 16 heavy (non-hydrogen) atoms. The summed E-state index contributed by atoms with van der Waals surface area (Å²) in [6.07, 6.45) is 6.09. The van der Waals surface area contributed by atoms with Gasteiger partial charge in [-0.15, -0.1) is 0 Å². The van der Waals surface area contributed by atoms with Crippen molar-refractivity contribution in [1.29, 1.82) is 0 Å². The number of nitrogens with zero attached hydrogens (tertiary/aromatic N) is 2. The van der Waals surface area contributed by atoms with Crippen LogP contribution in [0.4, 0.5) is 5.82 Å². The van der Waals surface area contributed by atoms with Gasteiger partial charge in [0.2, 0.25) is 0 Å². The summed E-state index contributed by atoms with van der Waals surface area (Å²) >= 11 is 6.16. The van der Waals surface area contributed by atoms with Gasteiger partial charge in [-0.3, -0.25) is 0 Å². The lowest BCUT2D eigenvalue weighted by Crippen LogP contribution is -2.40. The monoisotopic (exact) mass is 240 g/mol. The van der Waals surface area contributed by atoms with E-state index < -0.39 is 0 Å². The zero-order valence-corrected chi connectivity index (χ0v) is 10.0. The highest BCUT2D eigenvalue weighted by Gasteiger charge is 2.24. The fourth-order valence-corrected chi connectivity index (χ4v) is 2.55. The molecule has 2 rings (SSSR count). The average Bonchev–Trinajstić information content (AvgIpc) is 2.31. The van der Waals surface area contributed by atoms with E-state index in [-0.39, 0.29) is 6.61 Å². The molecule has 1 aromatic rings. The number of hydrogen-bond acceptors (Lipinski definition) is 3. The van der Waals surface area contributed by atoms with Crippen LogP contribution in [-0.2, 0) is 0 Å². The van der Waals surface area contributed by atoms with Crippen LogP contribution in [0.1, 0.15) is 25.7 Å². The van der Waals surface area contributed by atoms with E-state index in [1.54, 1.807) is 6.20 Å². The first-order valence-corrected chi connectivity index (χ1v) is 6.18. The molecule has 2 heterocycles. The highest BCUT2D eigenvalue weighted by Crippen LogP contribution is 2.29. The first kappa shape index (κ1) is 11.7. The van der Waals surface area contributed by atoms with Gasteiger partial charge >= 0.3 is 0 Å². The third-order valence-electron chi connectivity index (χ3n) is 3.10. The maximum absolute atomic E-state index is 9.07. The van der Waals surface area contributed by atoms with E-state index in [0.29, 0.717) is 11.1 Å². The molecule has 88 valence electrons. The molecular formula is C12H17ClN2O. The van der Waals surface area contributed by atoms with Crippen LogP contribution in [0.15, 0.2) is 18.3 Å². The Morgan fingerprint density at radius 2 is 2.38 bits per heavy atom. The molecule has 1 aliphatic heterocycles. The molecule has 1 unspecified atom stereocenters. The maximum Gasteiger partial charge on any atom is 0.147 e. The topological polar surface area (TPSA) is 36.4 Å². The summed E-state index contributed by atoms with van der Waals surface area (Å²) in [6.45, 7) is 1.22. The summed E-state index contributed by atoms with van der Waals surface area (Å²) in [7, 11) is 0. The minimum Gasteiger partial charge on any atom is -0.396 e. The first-order valence-electron chi connectivity index (χ1n) is 5.81. The predicted molar refractivity (Wildman–Crippen MR) is 65.9 cm³/mol. The van der Waals surface area contributed by atoms with Gasteiger partial charge in [-0.1, -0.05) is 11.6 Å². The van der Waals surface area contributed by atoms with Gasteiger partial charge in [0, 0.05) is 25.4 Å². The highest BCUT2D eigenvalue weighted by atomic mass is 35.5. The maximum atomic E-state index is 9.07. The Hall–Kier alpha value is -0.800. The third-order valence-corrected chi connectivity index (χ3v) is 3.40. The van der Waals surface area contributed by atoms with Crippen LogP contribution in [-0.4, -0.2) is 29.3 Å². The van der Waals surface area contributed by atoms with Crippen molar-refractivity contribution >= 4 is 17.4 Å². The number of hydrogen-bond donors (Lipinski definition) is 1. The number of aliphatic hydroxyl groups is 1. The SMILES string of the molecule is OCCC1CCCCN1c1ncccc1Cl. The normalized spacial score (nSPS) is 21.1. The number of aromatic nitrogens is 1. The van der Waals surface area contributed by atoms with Crippen molar-refractivity contribution in [2.24, 2.45) is 0 Å². The van der Waals surface area contributed by atoms with E-state index in [1.807, 2.05) is 12.1 Å². The van der Waals surface area contributed by atoms with E-state index in [9.17, 15) is 0 Å². The molecule has 1 aliphatic rings. The Morgan fingerprint density at radius 3 is 3.12 bits per heavy atom. The Morgan fingerprint density at radius 1 is 1.50 bits per heavy atom. The van der Waals surface area contributed by atoms with Crippen LogP contribution in [0.2, 0.25) is 5.02 Å². The van der Waals surface area contributed by atoms with Crippen molar-refractivity contribution in [2.75, 3.05) is 18.1 Å². The van der Waals surface area contributed by atoms with Crippen LogP contribution in [0, 0.1) is 0 Å². The molecule has 1 fully saturated rings. The predicted octanol–water partition coefficient (Wildman–Crippen LogP) is 2.48. The van der Waals surface area contributed by atoms with Crippen molar-refractivity contribution in [1.82, 2.24) is 4.98 Å². The zero-order chi connectivity index (χ0) is 11.4. The molecule has 0 saturated carbocycles. The van der Waals surface area contributed by atoms with E-state index in [2.05, 4.69) is 9.88 Å². The standard InChI is InChI=1S/C12H17ClN2O/c13-11-5-3-7-14-12(11)15-8-2-1-4-10(15)6-9-16/h3,5,7,10,16H,1-2,4,6,8-9H2. The fraction of sp³-hybridized carbons (Fsp3) is 0.583. The van der Waals surface area contributed by atoms with Crippen LogP contribution in [0.25, 0.3) is 0 Å². The summed E-state index contributed by atoms with van der Waals surface area (Å²) in [5, 5.41) is 9.77. The Labute approximate surface area is 101 Å². The van der Waals surface area contributed by atoms with Gasteiger partial charge < -0.3 is 10.0 Å². The van der Waals surface area contributed by atoms with Gasteiger partial charge in [0.15, 0.2) is 0 Å². The smallest absolute Gasteiger partial charge is 0.147 e. The van der Waals surface area contributed by atoms with E-state index in [0.717, 1.165) is 25.2 Å². The number of piperidine rings is 1. The minimum atomic E-state index is 0.228. The molecule has 1 N–H and O–H groups in total. The molecule has 0 amide bonds. The Bertz CT molecular complexity index is 344. The summed E-state index contributed by atoms with van der Waals surface area (Å²) in [5.41, 5.74) is 0. The van der Waals surface area contributed by atoms with Crippen molar-refractivity contribution in [2.45, 2.75) is 31.7 Å². The minimum absolute atomic E-state index is 0.228. The van der Waals surface area contributed by atoms with Gasteiger partial charge in [-0.05, 0) is 37.8 Å². The molecule has 0 aliphatic carbocycles. The fourth-order valence-electron chi connectivity index (χ4n) is 2.32. The molecule has 1 saturated heterocycles. The number of pyridine rings is 1. The van der Waals surface area contributed by atoms with E-state index in [4.69, 9.17) is 16.7 Å². The average molecular weight is 241 g/mol. The third kappa shape index (κ3) is 2.47. The summed E-state index contributed by atoms with van der Waals surface area (Å²) in [5.74, 6) is 0.863. The van der Waals surface area contributed by atoms with Crippen LogP contribution in [0.5, 0.6) is 0 Å². The summed E-state index contributed by atoms with van der Waals surface area (Å²) in [4.78, 5) is 6.58. The molecular weight excluding hydrogens is 224 g/mol. The molecule has 1 atom stereocenters. The van der Waals surface area contributed by atoms with Gasteiger partial charge in [0.1, 0.15) is 5.82 Å². The second-order valence-corrected chi connectivity index (χ2v) is 4.57. The molecule has 0 aromatic carbocycles. The molecule has 0 radical (unpaired) electrons. The van der Waals surface area contributed by atoms with Crippen LogP contribution >= 0.6 is 11.6 Å². The number of anilines is 1. The lowest BCUT2D eigenvalue weighted by molar-refractivity contribution is 0.262. The van der Waals surface area contributed by atoms with Crippen LogP contribution in [0.3, 0.4) is 0 Å². The molecule has 4 heteroatoms. The number of aliphatic hydroxyl groups excluding tert-OH is 1. The second kappa shape index (κ2) is 5.51. The summed E-state index contributed by atoms with van der Waals surface area (Å²) < 4.78 is 0. The number of rotatable bonds is 3. The number of halogens is 1. The highest BCUT2D eigenvalue weighted by molar-refractivity contribution is 6.32. The van der Waals surface area contributed by atoms with Gasteiger partial charge in [0.05, 0.1) is 5.02 Å². The van der Waals surface area contributed by atoms with Crippen molar-refractivity contribution in [3.8, 4) is 0 Å². The largest absolute Gasteiger partial charge is 0.396 e. The lowest BCUT2D eigenvalue weighted by atomic mass is 9.99. The second-order valence-electron chi connectivity index (χ2n) is 4.16. The van der Waals surface area contributed by atoms with E-state index >= 15 is 0 Å². The lowest BCUT2D eigenvalue weighted by Gasteiger charge is -2.36. The van der Waals surface area contributed by atoms with Crippen LogP contribution < -0.4 is 4.90 Å². The van der Waals surface area contributed by atoms with Crippen molar-refractivity contribution < 1.29 is 5.11 Å². The van der Waals surface area contributed by atoms with Crippen molar-refractivity contribution in [3.63, 3.8) is 0 Å². The van der Waals surface area contributed by atoms with Gasteiger partial charge in [-0.2, -0.15) is 0 Å². The molecule has 3 nitrogen and oxygen atoms in total. The molecule has 0 bridgehead atoms. The van der Waals surface area contributed by atoms with E-state index in [1.165, 1.54) is 12.8 Å². The van der Waals surface area contributed by atoms with Gasteiger partial charge in [0.25, 0.3) is 0 Å². The van der Waals surface area contributed by atoms with Crippen molar-refractivity contribution in [3.05, 3.63) is 23.4 Å². The Kier molecular flexibility index (Phi) is 4.02. The zero-order valence-electron chi connectivity index (χ0n) is 9.27. The summed E-state index contributed by atoms with van der Waals surface area (Å²) in [6, 6.07) is 4.09. The first-order chi connectivity index (χ1) is 7.83. The Balaban J connectivity index is 2.19. The van der Waals surface area contributed by atoms with Gasteiger partial charge in [-0.25, -0.2) is 4.98 Å². The molecule has 1 aromatic heterocycles. The quantitative estimate of drug-likeness (QED) is 0.882. The molecule has 0 spiro atoms.